The van der Waals surface area contributed by atoms with E-state index in [4.69, 9.17) is 10.5 Å². The first-order chi connectivity index (χ1) is 10.1. The van der Waals surface area contributed by atoms with Crippen LogP contribution in [0, 0.1) is 13.8 Å². The maximum atomic E-state index is 5.69. The van der Waals surface area contributed by atoms with Gasteiger partial charge in [-0.25, -0.2) is 4.68 Å². The molecule has 0 amide bonds. The molecule has 0 aliphatic carbocycles. The fraction of sp³-hybridized carbons (Fsp3) is 0.143. The van der Waals surface area contributed by atoms with Gasteiger partial charge in [0.2, 0.25) is 5.95 Å². The summed E-state index contributed by atoms with van der Waals surface area (Å²) in [6, 6.07) is 7.66. The topological polar surface area (TPSA) is 91.7 Å². The third kappa shape index (κ3) is 2.81. The number of nitrogens with zero attached hydrogens (tertiary/aromatic N) is 5. The summed E-state index contributed by atoms with van der Waals surface area (Å²) in [4.78, 5) is 12.2. The van der Waals surface area contributed by atoms with Crippen molar-refractivity contribution < 1.29 is 4.74 Å². The Balaban J connectivity index is 1.93. The van der Waals surface area contributed by atoms with E-state index in [0.29, 0.717) is 11.7 Å². The summed E-state index contributed by atoms with van der Waals surface area (Å²) in [7, 11) is 0. The molecule has 0 saturated carbocycles. The molecular formula is C14H14N6O. The van der Waals surface area contributed by atoms with E-state index in [1.165, 1.54) is 10.2 Å². The highest BCUT2D eigenvalue weighted by molar-refractivity contribution is 5.36. The zero-order chi connectivity index (χ0) is 14.8. The van der Waals surface area contributed by atoms with E-state index in [1.807, 2.05) is 32.0 Å². The molecule has 2 aromatic heterocycles. The summed E-state index contributed by atoms with van der Waals surface area (Å²) >= 11 is 0. The van der Waals surface area contributed by atoms with Crippen LogP contribution in [0.25, 0.3) is 5.95 Å². The molecule has 0 fully saturated rings. The van der Waals surface area contributed by atoms with Crippen molar-refractivity contribution in [1.82, 2.24) is 24.7 Å². The zero-order valence-corrected chi connectivity index (χ0v) is 11.7. The van der Waals surface area contributed by atoms with Crippen LogP contribution in [0.1, 0.15) is 11.1 Å². The first-order valence-electron chi connectivity index (χ1n) is 6.38. The van der Waals surface area contributed by atoms with Gasteiger partial charge in [-0.15, -0.1) is 0 Å². The van der Waals surface area contributed by atoms with Crippen LogP contribution in [0.5, 0.6) is 11.8 Å². The molecule has 3 rings (SSSR count). The Morgan fingerprint density at radius 2 is 1.95 bits per heavy atom. The monoisotopic (exact) mass is 282 g/mol. The molecule has 106 valence electrons. The standard InChI is InChI=1S/C14H14N6O/c1-9-4-5-11(8-10(9)2)21-14-18-12(15)17-13(19-14)20-7-3-6-16-20/h3-8H,1-2H3,(H2,15,17,18,19). The molecule has 0 radical (unpaired) electrons. The molecule has 0 saturated heterocycles. The van der Waals surface area contributed by atoms with E-state index in [9.17, 15) is 0 Å². The van der Waals surface area contributed by atoms with Gasteiger partial charge in [-0.1, -0.05) is 6.07 Å². The lowest BCUT2D eigenvalue weighted by molar-refractivity contribution is 0.438. The molecule has 7 nitrogen and oxygen atoms in total. The average Bonchev–Trinajstić information content (AvgIpc) is 2.96. The minimum Gasteiger partial charge on any atom is -0.424 e. The van der Waals surface area contributed by atoms with Crippen molar-refractivity contribution in [3.05, 3.63) is 47.8 Å². The third-order valence-electron chi connectivity index (χ3n) is 3.02. The number of nitrogen functional groups attached to an aromatic ring is 1. The minimum absolute atomic E-state index is 0.0781. The molecule has 0 spiro atoms. The fourth-order valence-electron chi connectivity index (χ4n) is 1.78. The van der Waals surface area contributed by atoms with Gasteiger partial charge in [0, 0.05) is 12.4 Å². The smallest absolute Gasteiger partial charge is 0.328 e. The summed E-state index contributed by atoms with van der Waals surface area (Å²) < 4.78 is 7.14. The third-order valence-corrected chi connectivity index (χ3v) is 3.02. The van der Waals surface area contributed by atoms with Crippen LogP contribution in [-0.4, -0.2) is 24.7 Å². The molecule has 0 aliphatic rings. The lowest BCUT2D eigenvalue weighted by atomic mass is 10.1. The number of rotatable bonds is 3. The molecule has 0 atom stereocenters. The number of anilines is 1. The molecule has 0 unspecified atom stereocenters. The van der Waals surface area contributed by atoms with Crippen molar-refractivity contribution in [2.45, 2.75) is 13.8 Å². The van der Waals surface area contributed by atoms with Gasteiger partial charge >= 0.3 is 6.01 Å². The normalized spacial score (nSPS) is 10.6. The number of hydrogen-bond acceptors (Lipinski definition) is 6. The molecule has 1 aromatic carbocycles. The van der Waals surface area contributed by atoms with Gasteiger partial charge < -0.3 is 10.5 Å². The van der Waals surface area contributed by atoms with E-state index < -0.39 is 0 Å². The Hall–Kier alpha value is -2.96. The maximum Gasteiger partial charge on any atom is 0.328 e. The number of nitrogens with two attached hydrogens (primary N) is 1. The van der Waals surface area contributed by atoms with Crippen molar-refractivity contribution in [2.75, 3.05) is 5.73 Å². The minimum atomic E-state index is 0.0781. The van der Waals surface area contributed by atoms with Crippen molar-refractivity contribution in [3.8, 4) is 17.7 Å². The first kappa shape index (κ1) is 13.0. The van der Waals surface area contributed by atoms with E-state index in [-0.39, 0.29) is 12.0 Å². The van der Waals surface area contributed by atoms with Gasteiger partial charge in [0.25, 0.3) is 5.95 Å². The second-order valence-electron chi connectivity index (χ2n) is 4.57. The first-order valence-corrected chi connectivity index (χ1v) is 6.38. The summed E-state index contributed by atoms with van der Waals surface area (Å²) in [5.74, 6) is 1.04. The van der Waals surface area contributed by atoms with Gasteiger partial charge in [-0.05, 0) is 43.2 Å². The second kappa shape index (κ2) is 5.20. The van der Waals surface area contributed by atoms with Crippen LogP contribution in [-0.2, 0) is 0 Å². The van der Waals surface area contributed by atoms with Crippen LogP contribution < -0.4 is 10.5 Å². The zero-order valence-electron chi connectivity index (χ0n) is 11.7. The molecule has 0 aliphatic heterocycles. The SMILES string of the molecule is Cc1ccc(Oc2nc(N)nc(-n3cccn3)n2)cc1C. The highest BCUT2D eigenvalue weighted by atomic mass is 16.5. The molecule has 3 aromatic rings. The second-order valence-corrected chi connectivity index (χ2v) is 4.57. The van der Waals surface area contributed by atoms with Crippen molar-refractivity contribution in [3.63, 3.8) is 0 Å². The van der Waals surface area contributed by atoms with E-state index in [2.05, 4.69) is 20.1 Å². The number of aromatic nitrogens is 5. The Morgan fingerprint density at radius 1 is 1.10 bits per heavy atom. The molecule has 21 heavy (non-hydrogen) atoms. The number of hydrogen-bond donors (Lipinski definition) is 1. The van der Waals surface area contributed by atoms with Crippen LogP contribution >= 0.6 is 0 Å². The Bertz CT molecular complexity index is 769. The van der Waals surface area contributed by atoms with Crippen molar-refractivity contribution in [2.24, 2.45) is 0 Å². The van der Waals surface area contributed by atoms with Crippen molar-refractivity contribution >= 4 is 5.95 Å². The van der Waals surface area contributed by atoms with Gasteiger partial charge in [0.15, 0.2) is 0 Å². The number of benzene rings is 1. The summed E-state index contributed by atoms with van der Waals surface area (Å²) in [6.45, 7) is 4.05. The van der Waals surface area contributed by atoms with Crippen molar-refractivity contribution in [1.29, 1.82) is 0 Å². The molecule has 2 heterocycles. The summed E-state index contributed by atoms with van der Waals surface area (Å²) in [6.07, 6.45) is 3.35. The molecular weight excluding hydrogens is 268 g/mol. The summed E-state index contributed by atoms with van der Waals surface area (Å²) in [5, 5.41) is 4.05. The lowest BCUT2D eigenvalue weighted by Crippen LogP contribution is -2.07. The predicted molar refractivity (Wildman–Crippen MR) is 77.4 cm³/mol. The summed E-state index contributed by atoms with van der Waals surface area (Å²) in [5.41, 5.74) is 8.01. The highest BCUT2D eigenvalue weighted by Gasteiger charge is 2.09. The Labute approximate surface area is 121 Å². The highest BCUT2D eigenvalue weighted by Crippen LogP contribution is 2.21. The van der Waals surface area contributed by atoms with Gasteiger partial charge in [0.1, 0.15) is 5.75 Å². The number of aryl methyl sites for hydroxylation is 2. The molecule has 0 bridgehead atoms. The number of ether oxygens (including phenoxy) is 1. The molecule has 7 heteroatoms. The largest absolute Gasteiger partial charge is 0.424 e. The predicted octanol–water partition coefficient (Wildman–Crippen LogP) is 2.05. The lowest BCUT2D eigenvalue weighted by Gasteiger charge is -2.08. The van der Waals surface area contributed by atoms with Crippen LogP contribution in [0.3, 0.4) is 0 Å². The molecule has 2 N–H and O–H groups in total. The average molecular weight is 282 g/mol. The van der Waals surface area contributed by atoms with Crippen LogP contribution in [0.4, 0.5) is 5.95 Å². The Morgan fingerprint density at radius 3 is 2.67 bits per heavy atom. The quantitative estimate of drug-likeness (QED) is 0.790. The fourth-order valence-corrected chi connectivity index (χ4v) is 1.78. The van der Waals surface area contributed by atoms with Gasteiger partial charge in [-0.2, -0.15) is 20.1 Å². The van der Waals surface area contributed by atoms with Crippen LogP contribution in [0.2, 0.25) is 0 Å². The maximum absolute atomic E-state index is 5.69. The van der Waals surface area contributed by atoms with Crippen LogP contribution in [0.15, 0.2) is 36.7 Å². The van der Waals surface area contributed by atoms with E-state index in [1.54, 1.807) is 18.5 Å². The Kier molecular flexibility index (Phi) is 3.23. The van der Waals surface area contributed by atoms with E-state index >= 15 is 0 Å². The van der Waals surface area contributed by atoms with E-state index in [0.717, 1.165) is 5.56 Å². The van der Waals surface area contributed by atoms with Gasteiger partial charge in [-0.3, -0.25) is 0 Å². The van der Waals surface area contributed by atoms with Gasteiger partial charge in [0.05, 0.1) is 0 Å².